The molecule has 2 aromatic rings. The van der Waals surface area contributed by atoms with Crippen LogP contribution in [0.4, 0.5) is 5.69 Å². The second-order valence-electron chi connectivity index (χ2n) is 3.50. The number of nitrogens with two attached hydrogens (primary N) is 1. The van der Waals surface area contributed by atoms with Crippen molar-refractivity contribution in [3.63, 3.8) is 0 Å². The normalized spacial score (nSPS) is 10.1. The van der Waals surface area contributed by atoms with E-state index in [2.05, 4.69) is 0 Å². The number of hydrogen-bond donors (Lipinski definition) is 2. The molecule has 17 heavy (non-hydrogen) atoms. The first-order chi connectivity index (χ1) is 8.09. The second kappa shape index (κ2) is 4.13. The third-order valence-electron chi connectivity index (χ3n) is 2.30. The largest absolute Gasteiger partial charge is 0.477 e. The first-order valence-electron chi connectivity index (χ1n) is 4.90. The average molecular weight is 230 g/mol. The molecule has 1 aromatic heterocycles. The fourth-order valence-electron chi connectivity index (χ4n) is 1.54. The van der Waals surface area contributed by atoms with Crippen LogP contribution >= 0.6 is 0 Å². The van der Waals surface area contributed by atoms with Crippen LogP contribution in [0.5, 0.6) is 0 Å². The summed E-state index contributed by atoms with van der Waals surface area (Å²) in [6.07, 6.45) is 1.41. The molecule has 3 N–H and O–H groups in total. The van der Waals surface area contributed by atoms with Gasteiger partial charge in [0.1, 0.15) is 5.56 Å². The molecule has 0 aliphatic carbocycles. The fourth-order valence-corrected chi connectivity index (χ4v) is 1.54. The minimum absolute atomic E-state index is 0.228. The number of aromatic nitrogens is 1. The van der Waals surface area contributed by atoms with Crippen molar-refractivity contribution in [2.45, 2.75) is 0 Å². The van der Waals surface area contributed by atoms with Crippen molar-refractivity contribution in [1.82, 2.24) is 4.57 Å². The molecule has 2 rings (SSSR count). The van der Waals surface area contributed by atoms with Crippen molar-refractivity contribution in [3.8, 4) is 5.69 Å². The van der Waals surface area contributed by atoms with Gasteiger partial charge in [0.25, 0.3) is 5.56 Å². The van der Waals surface area contributed by atoms with Crippen molar-refractivity contribution in [3.05, 3.63) is 58.5 Å². The number of aromatic carboxylic acids is 1. The molecule has 0 saturated carbocycles. The summed E-state index contributed by atoms with van der Waals surface area (Å²) >= 11 is 0. The summed E-state index contributed by atoms with van der Waals surface area (Å²) < 4.78 is 1.22. The van der Waals surface area contributed by atoms with Crippen molar-refractivity contribution < 1.29 is 9.90 Å². The predicted octanol–water partition coefficient (Wildman–Crippen LogP) is 1.12. The van der Waals surface area contributed by atoms with E-state index in [1.807, 2.05) is 0 Å². The monoisotopic (exact) mass is 230 g/mol. The van der Waals surface area contributed by atoms with E-state index in [-0.39, 0.29) is 11.3 Å². The Labute approximate surface area is 96.7 Å². The SMILES string of the molecule is Nc1cc(C(=O)O)c(=O)n(-c2ccccc2)c1. The molecule has 0 aliphatic heterocycles. The highest BCUT2D eigenvalue weighted by molar-refractivity contribution is 5.88. The molecule has 0 radical (unpaired) electrons. The van der Waals surface area contributed by atoms with Gasteiger partial charge in [-0.1, -0.05) is 18.2 Å². The van der Waals surface area contributed by atoms with Gasteiger partial charge in [-0.3, -0.25) is 9.36 Å². The zero-order chi connectivity index (χ0) is 12.4. The van der Waals surface area contributed by atoms with Crippen LogP contribution in [0.2, 0.25) is 0 Å². The van der Waals surface area contributed by atoms with Crippen LogP contribution < -0.4 is 11.3 Å². The van der Waals surface area contributed by atoms with Gasteiger partial charge in [0, 0.05) is 17.6 Å². The first-order valence-corrected chi connectivity index (χ1v) is 4.90. The molecule has 5 heteroatoms. The summed E-state index contributed by atoms with van der Waals surface area (Å²) in [6, 6.07) is 9.87. The van der Waals surface area contributed by atoms with E-state index in [1.165, 1.54) is 10.8 Å². The summed E-state index contributed by atoms with van der Waals surface area (Å²) in [6.45, 7) is 0. The highest BCUT2D eigenvalue weighted by Crippen LogP contribution is 2.09. The van der Waals surface area contributed by atoms with Crippen LogP contribution in [-0.2, 0) is 0 Å². The Balaban J connectivity index is 2.72. The Morgan fingerprint density at radius 2 is 1.88 bits per heavy atom. The molecule has 1 heterocycles. The molecule has 5 nitrogen and oxygen atoms in total. The van der Waals surface area contributed by atoms with Gasteiger partial charge in [0.2, 0.25) is 0 Å². The van der Waals surface area contributed by atoms with E-state index in [9.17, 15) is 9.59 Å². The molecule has 0 spiro atoms. The molecule has 86 valence electrons. The Morgan fingerprint density at radius 1 is 1.24 bits per heavy atom. The van der Waals surface area contributed by atoms with Crippen LogP contribution in [0.25, 0.3) is 5.69 Å². The summed E-state index contributed by atoms with van der Waals surface area (Å²) in [5, 5.41) is 8.89. The highest BCUT2D eigenvalue weighted by Gasteiger charge is 2.12. The number of benzene rings is 1. The lowest BCUT2D eigenvalue weighted by Crippen LogP contribution is -2.25. The third kappa shape index (κ3) is 2.03. The maximum Gasteiger partial charge on any atom is 0.341 e. The van der Waals surface area contributed by atoms with E-state index < -0.39 is 11.5 Å². The number of carboxylic acid groups (broad SMARTS) is 1. The lowest BCUT2D eigenvalue weighted by Gasteiger charge is -2.07. The minimum Gasteiger partial charge on any atom is -0.477 e. The number of rotatable bonds is 2. The zero-order valence-electron chi connectivity index (χ0n) is 8.83. The second-order valence-corrected chi connectivity index (χ2v) is 3.50. The molecule has 0 unspecified atom stereocenters. The van der Waals surface area contributed by atoms with E-state index in [4.69, 9.17) is 10.8 Å². The molecular formula is C12H10N2O3. The summed E-state index contributed by atoms with van der Waals surface area (Å²) in [4.78, 5) is 22.8. The number of anilines is 1. The number of nitrogen functional groups attached to an aromatic ring is 1. The Bertz CT molecular complexity index is 617. The minimum atomic E-state index is -1.29. The number of carboxylic acids is 1. The van der Waals surface area contributed by atoms with Gasteiger partial charge in [0.15, 0.2) is 0 Å². The molecule has 0 fully saturated rings. The maximum atomic E-state index is 11.9. The summed E-state index contributed by atoms with van der Waals surface area (Å²) in [5.74, 6) is -1.29. The van der Waals surface area contributed by atoms with Gasteiger partial charge >= 0.3 is 5.97 Å². The summed E-state index contributed by atoms with van der Waals surface area (Å²) in [5.41, 5.74) is 5.45. The van der Waals surface area contributed by atoms with Gasteiger partial charge < -0.3 is 10.8 Å². The topological polar surface area (TPSA) is 85.3 Å². The van der Waals surface area contributed by atoms with Crippen LogP contribution in [0.15, 0.2) is 47.4 Å². The average Bonchev–Trinajstić information content (AvgIpc) is 2.32. The van der Waals surface area contributed by atoms with Crippen LogP contribution in [0, 0.1) is 0 Å². The lowest BCUT2D eigenvalue weighted by atomic mass is 10.2. The predicted molar refractivity (Wildman–Crippen MR) is 63.4 cm³/mol. The Kier molecular flexibility index (Phi) is 2.66. The molecule has 0 amide bonds. The Hall–Kier alpha value is -2.56. The van der Waals surface area contributed by atoms with Gasteiger partial charge in [-0.05, 0) is 18.2 Å². The first kappa shape index (κ1) is 10.9. The van der Waals surface area contributed by atoms with Crippen LogP contribution in [-0.4, -0.2) is 15.6 Å². The number of pyridine rings is 1. The lowest BCUT2D eigenvalue weighted by molar-refractivity contribution is 0.0694. The molecule has 0 aliphatic rings. The number of nitrogens with zero attached hydrogens (tertiary/aromatic N) is 1. The van der Waals surface area contributed by atoms with E-state index in [0.29, 0.717) is 5.69 Å². The van der Waals surface area contributed by atoms with Crippen molar-refractivity contribution in [2.75, 3.05) is 5.73 Å². The van der Waals surface area contributed by atoms with Crippen molar-refractivity contribution >= 4 is 11.7 Å². The highest BCUT2D eigenvalue weighted by atomic mass is 16.4. The van der Waals surface area contributed by atoms with Crippen molar-refractivity contribution in [2.24, 2.45) is 0 Å². The van der Waals surface area contributed by atoms with E-state index in [0.717, 1.165) is 6.07 Å². The van der Waals surface area contributed by atoms with E-state index in [1.54, 1.807) is 30.3 Å². The van der Waals surface area contributed by atoms with Gasteiger partial charge in [-0.15, -0.1) is 0 Å². The third-order valence-corrected chi connectivity index (χ3v) is 2.30. The van der Waals surface area contributed by atoms with Crippen LogP contribution in [0.3, 0.4) is 0 Å². The van der Waals surface area contributed by atoms with E-state index >= 15 is 0 Å². The Morgan fingerprint density at radius 3 is 2.47 bits per heavy atom. The fraction of sp³-hybridized carbons (Fsp3) is 0. The summed E-state index contributed by atoms with van der Waals surface area (Å²) in [7, 11) is 0. The molecule has 0 bridgehead atoms. The number of hydrogen-bond acceptors (Lipinski definition) is 3. The number of carbonyl (C=O) groups is 1. The number of para-hydroxylation sites is 1. The maximum absolute atomic E-state index is 11.9. The zero-order valence-corrected chi connectivity index (χ0v) is 8.83. The quantitative estimate of drug-likeness (QED) is 0.809. The van der Waals surface area contributed by atoms with Crippen LogP contribution in [0.1, 0.15) is 10.4 Å². The molecule has 0 saturated heterocycles. The van der Waals surface area contributed by atoms with Crippen molar-refractivity contribution in [1.29, 1.82) is 0 Å². The van der Waals surface area contributed by atoms with Gasteiger partial charge in [-0.25, -0.2) is 4.79 Å². The molecule has 0 atom stereocenters. The van der Waals surface area contributed by atoms with Gasteiger partial charge in [0.05, 0.1) is 0 Å². The smallest absolute Gasteiger partial charge is 0.341 e. The molecular weight excluding hydrogens is 220 g/mol. The molecule has 1 aromatic carbocycles. The van der Waals surface area contributed by atoms with Gasteiger partial charge in [-0.2, -0.15) is 0 Å². The standard InChI is InChI=1S/C12H10N2O3/c13-8-6-10(12(16)17)11(15)14(7-8)9-4-2-1-3-5-9/h1-7H,13H2,(H,16,17).